The van der Waals surface area contributed by atoms with Gasteiger partial charge in [0.25, 0.3) is 0 Å². The number of likely N-dealkylation sites (tertiary alicyclic amines) is 1. The van der Waals surface area contributed by atoms with E-state index in [4.69, 9.17) is 12.2 Å². The molecule has 2 aromatic carbocycles. The van der Waals surface area contributed by atoms with Gasteiger partial charge in [-0.1, -0.05) is 42.0 Å². The Balaban J connectivity index is 1.27. The molecule has 3 heterocycles. The summed E-state index contributed by atoms with van der Waals surface area (Å²) in [6, 6.07) is 18.7. The molecule has 0 aliphatic carbocycles. The summed E-state index contributed by atoms with van der Waals surface area (Å²) in [6.45, 7) is 3.75. The van der Waals surface area contributed by atoms with Gasteiger partial charge >= 0.3 is 0 Å². The second kappa shape index (κ2) is 8.15. The van der Waals surface area contributed by atoms with Gasteiger partial charge in [0, 0.05) is 35.8 Å². The van der Waals surface area contributed by atoms with Crippen molar-refractivity contribution in [1.82, 2.24) is 24.6 Å². The van der Waals surface area contributed by atoms with E-state index in [0.717, 1.165) is 37.1 Å². The molecular formula is C24H25N5OS. The van der Waals surface area contributed by atoms with Gasteiger partial charge in [-0.2, -0.15) is 5.10 Å². The molecule has 1 aliphatic rings. The number of hydrogen-bond donors (Lipinski definition) is 2. The zero-order valence-corrected chi connectivity index (χ0v) is 18.3. The van der Waals surface area contributed by atoms with Crippen molar-refractivity contribution < 1.29 is 4.79 Å². The Morgan fingerprint density at radius 1 is 1.13 bits per heavy atom. The number of para-hydroxylation sites is 1. The minimum atomic E-state index is 0.0847. The van der Waals surface area contributed by atoms with Crippen molar-refractivity contribution in [2.45, 2.75) is 32.2 Å². The molecule has 1 aliphatic heterocycles. The van der Waals surface area contributed by atoms with Gasteiger partial charge in [0.05, 0.1) is 0 Å². The third kappa shape index (κ3) is 3.93. The zero-order valence-electron chi connectivity index (χ0n) is 17.5. The third-order valence-electron chi connectivity index (χ3n) is 6.17. The first-order valence-corrected chi connectivity index (χ1v) is 11.1. The minimum Gasteiger partial charge on any atom is -0.358 e. The zero-order chi connectivity index (χ0) is 21.4. The molecule has 5 rings (SSSR count). The Labute approximate surface area is 185 Å². The van der Waals surface area contributed by atoms with Crippen LogP contribution in [0.1, 0.15) is 30.0 Å². The van der Waals surface area contributed by atoms with Crippen LogP contribution >= 0.6 is 12.2 Å². The molecule has 6 nitrogen and oxygen atoms in total. The number of aryl methyl sites for hydroxylation is 1. The first-order valence-electron chi connectivity index (χ1n) is 10.7. The molecule has 1 amide bonds. The summed E-state index contributed by atoms with van der Waals surface area (Å²) in [6.07, 6.45) is 1.92. The maximum absolute atomic E-state index is 13.1. The van der Waals surface area contributed by atoms with Gasteiger partial charge in [0.15, 0.2) is 10.6 Å². The average Bonchev–Trinajstić information content (AvgIpc) is 3.38. The van der Waals surface area contributed by atoms with Crippen LogP contribution in [-0.2, 0) is 11.3 Å². The van der Waals surface area contributed by atoms with Crippen LogP contribution in [0.2, 0.25) is 0 Å². The summed E-state index contributed by atoms with van der Waals surface area (Å²) < 4.78 is 2.27. The molecular weight excluding hydrogens is 406 g/mol. The number of amides is 1. The Hall–Kier alpha value is -3.19. The van der Waals surface area contributed by atoms with E-state index in [1.165, 1.54) is 16.6 Å². The number of aromatic amines is 2. The second-order valence-corrected chi connectivity index (χ2v) is 8.66. The van der Waals surface area contributed by atoms with Crippen LogP contribution in [0.25, 0.3) is 22.3 Å². The number of aromatic nitrogens is 4. The van der Waals surface area contributed by atoms with Gasteiger partial charge in [-0.3, -0.25) is 14.5 Å². The highest BCUT2D eigenvalue weighted by atomic mass is 32.1. The van der Waals surface area contributed by atoms with Crippen molar-refractivity contribution >= 4 is 29.0 Å². The van der Waals surface area contributed by atoms with Crippen LogP contribution in [-0.4, -0.2) is 43.6 Å². The van der Waals surface area contributed by atoms with Gasteiger partial charge in [0.1, 0.15) is 6.54 Å². The topological polar surface area (TPSA) is 69.7 Å². The van der Waals surface area contributed by atoms with Crippen LogP contribution in [0.4, 0.5) is 0 Å². The third-order valence-corrected chi connectivity index (χ3v) is 6.48. The average molecular weight is 432 g/mol. The van der Waals surface area contributed by atoms with E-state index < -0.39 is 0 Å². The predicted octanol–water partition coefficient (Wildman–Crippen LogP) is 4.80. The maximum atomic E-state index is 13.1. The molecule has 31 heavy (non-hydrogen) atoms. The summed E-state index contributed by atoms with van der Waals surface area (Å²) in [7, 11) is 0. The highest BCUT2D eigenvalue weighted by Crippen LogP contribution is 2.30. The van der Waals surface area contributed by atoms with Crippen molar-refractivity contribution in [2.75, 3.05) is 13.1 Å². The lowest BCUT2D eigenvalue weighted by atomic mass is 9.93. The van der Waals surface area contributed by atoms with Crippen LogP contribution < -0.4 is 0 Å². The lowest BCUT2D eigenvalue weighted by Gasteiger charge is -2.31. The quantitative estimate of drug-likeness (QED) is 0.456. The molecule has 2 N–H and O–H groups in total. The number of H-pyrrole nitrogens is 2. The van der Waals surface area contributed by atoms with Gasteiger partial charge in [0.2, 0.25) is 5.91 Å². The van der Waals surface area contributed by atoms with Gasteiger partial charge in [-0.05, 0) is 55.6 Å². The second-order valence-electron chi connectivity index (χ2n) is 8.27. The molecule has 0 atom stereocenters. The fourth-order valence-corrected chi connectivity index (χ4v) is 4.66. The fourth-order valence-electron chi connectivity index (χ4n) is 4.46. The monoisotopic (exact) mass is 431 g/mol. The van der Waals surface area contributed by atoms with E-state index in [1.54, 1.807) is 4.57 Å². The highest BCUT2D eigenvalue weighted by molar-refractivity contribution is 7.71. The van der Waals surface area contributed by atoms with E-state index >= 15 is 0 Å². The summed E-state index contributed by atoms with van der Waals surface area (Å²) in [5, 5.41) is 8.46. The smallest absolute Gasteiger partial charge is 0.242 e. The van der Waals surface area contributed by atoms with E-state index in [-0.39, 0.29) is 12.5 Å². The molecule has 0 saturated carbocycles. The van der Waals surface area contributed by atoms with Crippen LogP contribution in [0.15, 0.2) is 54.6 Å². The Kier molecular flexibility index (Phi) is 5.19. The molecule has 1 fully saturated rings. The van der Waals surface area contributed by atoms with Crippen LogP contribution in [0, 0.1) is 11.7 Å². The molecule has 7 heteroatoms. The molecule has 0 bridgehead atoms. The fraction of sp³-hybridized carbons (Fsp3) is 0.292. The van der Waals surface area contributed by atoms with E-state index in [1.807, 2.05) is 30.0 Å². The van der Waals surface area contributed by atoms with Gasteiger partial charge in [-0.25, -0.2) is 0 Å². The van der Waals surface area contributed by atoms with Crippen molar-refractivity contribution in [3.8, 4) is 11.4 Å². The number of rotatable bonds is 4. The molecule has 0 spiro atoms. The summed E-state index contributed by atoms with van der Waals surface area (Å²) >= 11 is 5.41. The molecule has 1 saturated heterocycles. The molecule has 4 aromatic rings. The van der Waals surface area contributed by atoms with Crippen molar-refractivity contribution in [3.05, 3.63) is 70.6 Å². The lowest BCUT2D eigenvalue weighted by molar-refractivity contribution is -0.132. The lowest BCUT2D eigenvalue weighted by Crippen LogP contribution is -2.39. The van der Waals surface area contributed by atoms with Crippen LogP contribution in [0.5, 0.6) is 0 Å². The number of carbonyl (C=O) groups is 1. The van der Waals surface area contributed by atoms with E-state index in [2.05, 4.69) is 51.6 Å². The van der Waals surface area contributed by atoms with Crippen molar-refractivity contribution in [2.24, 2.45) is 0 Å². The van der Waals surface area contributed by atoms with Gasteiger partial charge < -0.3 is 9.88 Å². The van der Waals surface area contributed by atoms with E-state index in [0.29, 0.717) is 16.5 Å². The number of benzene rings is 2. The van der Waals surface area contributed by atoms with Crippen molar-refractivity contribution in [3.63, 3.8) is 0 Å². The van der Waals surface area contributed by atoms with Gasteiger partial charge in [-0.15, -0.1) is 0 Å². The predicted molar refractivity (Wildman–Crippen MR) is 124 cm³/mol. The molecule has 2 aromatic heterocycles. The Bertz CT molecular complexity index is 1260. The normalized spacial score (nSPS) is 14.9. The molecule has 0 radical (unpaired) electrons. The standard InChI is InChI=1S/C24H25N5OS/c1-16-5-4-7-19(13-16)23-26-27-24(31)29(23)15-22(30)28-11-9-17(10-12-28)21-14-18-6-2-3-8-20(18)25-21/h2-8,13-14,17,25H,9-12,15H2,1H3,(H,27,31). The number of nitrogens with zero attached hydrogens (tertiary/aromatic N) is 3. The van der Waals surface area contributed by atoms with E-state index in [9.17, 15) is 4.79 Å². The first-order chi connectivity index (χ1) is 15.1. The van der Waals surface area contributed by atoms with Crippen LogP contribution in [0.3, 0.4) is 0 Å². The number of fused-ring (bicyclic) bond motifs is 1. The summed E-state index contributed by atoms with van der Waals surface area (Å²) in [5.74, 6) is 1.24. The minimum absolute atomic E-state index is 0.0847. The first kappa shape index (κ1) is 19.8. The molecule has 158 valence electrons. The Morgan fingerprint density at radius 3 is 2.71 bits per heavy atom. The Morgan fingerprint density at radius 2 is 1.94 bits per heavy atom. The SMILES string of the molecule is Cc1cccc(-c2n[nH]c(=S)n2CC(=O)N2CCC(c3cc4ccccc4[nH]3)CC2)c1. The number of hydrogen-bond acceptors (Lipinski definition) is 3. The molecule has 0 unspecified atom stereocenters. The number of piperidine rings is 1. The number of carbonyl (C=O) groups excluding carboxylic acids is 1. The largest absolute Gasteiger partial charge is 0.358 e. The summed E-state index contributed by atoms with van der Waals surface area (Å²) in [4.78, 5) is 18.6. The van der Waals surface area contributed by atoms with Crippen molar-refractivity contribution in [1.29, 1.82) is 0 Å². The summed E-state index contributed by atoms with van der Waals surface area (Å²) in [5.41, 5.74) is 4.54. The highest BCUT2D eigenvalue weighted by Gasteiger charge is 2.25. The maximum Gasteiger partial charge on any atom is 0.242 e. The number of nitrogens with one attached hydrogen (secondary N) is 2.